The SMILES string of the molecule is COc1cc(O)c2c(=O)oc(COC(=O)CCC(=O)O)cc2c1. The smallest absolute Gasteiger partial charge is 0.347 e. The number of carbonyl (C=O) groups is 2. The molecule has 0 amide bonds. The van der Waals surface area contributed by atoms with Crippen LogP contribution < -0.4 is 10.4 Å². The molecule has 122 valence electrons. The topological polar surface area (TPSA) is 123 Å². The van der Waals surface area contributed by atoms with Gasteiger partial charge in [-0.3, -0.25) is 9.59 Å². The Hall–Kier alpha value is -3.03. The first-order valence-corrected chi connectivity index (χ1v) is 6.62. The fourth-order valence-corrected chi connectivity index (χ4v) is 1.95. The minimum Gasteiger partial charge on any atom is -0.507 e. The van der Waals surface area contributed by atoms with Crippen molar-refractivity contribution in [3.05, 3.63) is 34.4 Å². The number of hydrogen-bond acceptors (Lipinski definition) is 7. The van der Waals surface area contributed by atoms with Crippen LogP contribution in [0, 0.1) is 0 Å². The second-order valence-corrected chi connectivity index (χ2v) is 4.67. The van der Waals surface area contributed by atoms with E-state index in [1.54, 1.807) is 0 Å². The van der Waals surface area contributed by atoms with E-state index in [1.807, 2.05) is 0 Å². The van der Waals surface area contributed by atoms with Crippen LogP contribution in [0.3, 0.4) is 0 Å². The largest absolute Gasteiger partial charge is 0.507 e. The van der Waals surface area contributed by atoms with Crippen LogP contribution in [0.2, 0.25) is 0 Å². The molecule has 0 unspecified atom stereocenters. The number of esters is 1. The predicted molar refractivity (Wildman–Crippen MR) is 77.4 cm³/mol. The summed E-state index contributed by atoms with van der Waals surface area (Å²) in [5, 5.41) is 18.7. The molecule has 0 aliphatic rings. The number of phenols is 1. The van der Waals surface area contributed by atoms with Gasteiger partial charge in [-0.1, -0.05) is 0 Å². The van der Waals surface area contributed by atoms with Gasteiger partial charge in [-0.05, 0) is 17.5 Å². The quantitative estimate of drug-likeness (QED) is 0.765. The molecule has 0 radical (unpaired) electrons. The Morgan fingerprint density at radius 1 is 1.22 bits per heavy atom. The van der Waals surface area contributed by atoms with Gasteiger partial charge < -0.3 is 24.1 Å². The second kappa shape index (κ2) is 6.82. The van der Waals surface area contributed by atoms with E-state index in [2.05, 4.69) is 0 Å². The molecule has 8 heteroatoms. The van der Waals surface area contributed by atoms with Crippen LogP contribution >= 0.6 is 0 Å². The number of rotatable bonds is 6. The normalized spacial score (nSPS) is 10.5. The fraction of sp³-hybridized carbons (Fsp3) is 0.267. The number of benzene rings is 1. The van der Waals surface area contributed by atoms with Crippen molar-refractivity contribution < 1.29 is 33.7 Å². The average molecular weight is 322 g/mol. The highest BCUT2D eigenvalue weighted by atomic mass is 16.5. The number of phenolic OH excluding ortho intramolecular Hbond substituents is 1. The molecule has 2 N–H and O–H groups in total. The Morgan fingerprint density at radius 2 is 1.96 bits per heavy atom. The van der Waals surface area contributed by atoms with Gasteiger partial charge in [0.25, 0.3) is 0 Å². The van der Waals surface area contributed by atoms with E-state index < -0.39 is 17.6 Å². The molecule has 1 aromatic carbocycles. The third-order valence-corrected chi connectivity index (χ3v) is 3.02. The Kier molecular flexibility index (Phi) is 4.85. The van der Waals surface area contributed by atoms with E-state index in [0.717, 1.165) is 0 Å². The number of hydrogen-bond donors (Lipinski definition) is 2. The molecule has 0 aliphatic carbocycles. The zero-order valence-electron chi connectivity index (χ0n) is 12.2. The number of carbonyl (C=O) groups excluding carboxylic acids is 1. The van der Waals surface area contributed by atoms with Crippen molar-refractivity contribution in [2.24, 2.45) is 0 Å². The molecule has 1 aromatic heterocycles. The highest BCUT2D eigenvalue weighted by Gasteiger charge is 2.13. The number of aliphatic carboxylic acids is 1. The van der Waals surface area contributed by atoms with Crippen LogP contribution in [0.5, 0.6) is 11.5 Å². The maximum Gasteiger partial charge on any atom is 0.347 e. The first kappa shape index (κ1) is 16.3. The van der Waals surface area contributed by atoms with Gasteiger partial charge in [0, 0.05) is 6.07 Å². The maximum absolute atomic E-state index is 11.9. The molecular weight excluding hydrogens is 308 g/mol. The van der Waals surface area contributed by atoms with Crippen molar-refractivity contribution in [2.75, 3.05) is 7.11 Å². The minimum atomic E-state index is -1.11. The van der Waals surface area contributed by atoms with Gasteiger partial charge in [-0.2, -0.15) is 0 Å². The van der Waals surface area contributed by atoms with Crippen molar-refractivity contribution in [1.82, 2.24) is 0 Å². The van der Waals surface area contributed by atoms with Crippen LogP contribution in [-0.2, 0) is 20.9 Å². The molecule has 0 aliphatic heterocycles. The highest BCUT2D eigenvalue weighted by Crippen LogP contribution is 2.28. The van der Waals surface area contributed by atoms with E-state index in [0.29, 0.717) is 11.1 Å². The zero-order chi connectivity index (χ0) is 17.0. The third-order valence-electron chi connectivity index (χ3n) is 3.02. The van der Waals surface area contributed by atoms with Crippen LogP contribution in [0.1, 0.15) is 18.6 Å². The van der Waals surface area contributed by atoms with Gasteiger partial charge in [-0.15, -0.1) is 0 Å². The molecule has 0 atom stereocenters. The second-order valence-electron chi connectivity index (χ2n) is 4.67. The van der Waals surface area contributed by atoms with E-state index in [4.69, 9.17) is 19.0 Å². The molecule has 8 nitrogen and oxygen atoms in total. The Bertz CT molecular complexity index is 805. The lowest BCUT2D eigenvalue weighted by molar-refractivity contribution is -0.149. The molecule has 0 saturated carbocycles. The predicted octanol–water partition coefficient (Wildman–Crippen LogP) is 1.42. The molecule has 23 heavy (non-hydrogen) atoms. The summed E-state index contributed by atoms with van der Waals surface area (Å²) in [6, 6.07) is 4.25. The van der Waals surface area contributed by atoms with E-state index in [-0.39, 0.29) is 36.3 Å². The summed E-state index contributed by atoms with van der Waals surface area (Å²) in [5.41, 5.74) is -0.778. The molecule has 2 aromatic rings. The van der Waals surface area contributed by atoms with E-state index in [1.165, 1.54) is 25.3 Å². The summed E-state index contributed by atoms with van der Waals surface area (Å²) in [7, 11) is 1.41. The van der Waals surface area contributed by atoms with Gasteiger partial charge in [0.05, 0.1) is 20.0 Å². The van der Waals surface area contributed by atoms with Crippen LogP contribution in [0.25, 0.3) is 10.8 Å². The van der Waals surface area contributed by atoms with Gasteiger partial charge in [0.1, 0.15) is 29.3 Å². The molecule has 0 saturated heterocycles. The zero-order valence-corrected chi connectivity index (χ0v) is 12.2. The monoisotopic (exact) mass is 322 g/mol. The number of fused-ring (bicyclic) bond motifs is 1. The number of carboxylic acids is 1. The van der Waals surface area contributed by atoms with Gasteiger partial charge in [-0.25, -0.2) is 4.79 Å². The summed E-state index contributed by atoms with van der Waals surface area (Å²) in [5.74, 6) is -1.69. The Balaban J connectivity index is 2.20. The lowest BCUT2D eigenvalue weighted by Gasteiger charge is -2.07. The number of aromatic hydroxyl groups is 1. The van der Waals surface area contributed by atoms with Gasteiger partial charge >= 0.3 is 17.6 Å². The van der Waals surface area contributed by atoms with Crippen LogP contribution in [0.4, 0.5) is 0 Å². The molecule has 0 bridgehead atoms. The number of ether oxygens (including phenoxy) is 2. The van der Waals surface area contributed by atoms with Crippen molar-refractivity contribution >= 4 is 22.7 Å². The first-order valence-electron chi connectivity index (χ1n) is 6.62. The summed E-state index contributed by atoms with van der Waals surface area (Å²) < 4.78 is 14.8. The number of methoxy groups -OCH3 is 1. The molecule has 0 spiro atoms. The third kappa shape index (κ3) is 4.00. The van der Waals surface area contributed by atoms with Gasteiger partial charge in [0.2, 0.25) is 0 Å². The lowest BCUT2D eigenvalue weighted by Crippen LogP contribution is -2.09. The lowest BCUT2D eigenvalue weighted by atomic mass is 10.1. The molecule has 0 fully saturated rings. The molecule has 2 rings (SSSR count). The summed E-state index contributed by atoms with van der Waals surface area (Å²) in [6.07, 6.45) is -0.618. The summed E-state index contributed by atoms with van der Waals surface area (Å²) in [6.45, 7) is -0.318. The summed E-state index contributed by atoms with van der Waals surface area (Å²) in [4.78, 5) is 33.6. The van der Waals surface area contributed by atoms with Crippen molar-refractivity contribution in [2.45, 2.75) is 19.4 Å². The standard InChI is InChI=1S/C15H14O8/c1-21-9-4-8-5-10(7-22-13(19)3-2-12(17)18)23-15(20)14(8)11(16)6-9/h4-6,16H,2-3,7H2,1H3,(H,17,18). The van der Waals surface area contributed by atoms with E-state index in [9.17, 15) is 19.5 Å². The molecular formula is C15H14O8. The van der Waals surface area contributed by atoms with E-state index >= 15 is 0 Å². The van der Waals surface area contributed by atoms with Crippen molar-refractivity contribution in [3.8, 4) is 11.5 Å². The van der Waals surface area contributed by atoms with Gasteiger partial charge in [0.15, 0.2) is 0 Å². The maximum atomic E-state index is 11.9. The number of carboxylic acid groups (broad SMARTS) is 1. The van der Waals surface area contributed by atoms with Crippen LogP contribution in [0.15, 0.2) is 27.4 Å². The first-order chi connectivity index (χ1) is 10.9. The van der Waals surface area contributed by atoms with Crippen LogP contribution in [-0.4, -0.2) is 29.3 Å². The van der Waals surface area contributed by atoms with Crippen molar-refractivity contribution in [1.29, 1.82) is 0 Å². The summed E-state index contributed by atoms with van der Waals surface area (Å²) >= 11 is 0. The van der Waals surface area contributed by atoms with Crippen molar-refractivity contribution in [3.63, 3.8) is 0 Å². The molecule has 1 heterocycles. The minimum absolute atomic E-state index is 0.00764. The average Bonchev–Trinajstić information content (AvgIpc) is 2.49. The Morgan fingerprint density at radius 3 is 2.61 bits per heavy atom. The highest BCUT2D eigenvalue weighted by molar-refractivity contribution is 5.88. The Labute approximate surface area is 129 Å². The fourth-order valence-electron chi connectivity index (χ4n) is 1.95.